The second-order valence-electron chi connectivity index (χ2n) is 7.73. The fraction of sp³-hybridized carbons (Fsp3) is 0.160. The summed E-state index contributed by atoms with van der Waals surface area (Å²) in [7, 11) is 1.53. The van der Waals surface area contributed by atoms with Gasteiger partial charge in [0.1, 0.15) is 5.75 Å². The van der Waals surface area contributed by atoms with Gasteiger partial charge in [-0.3, -0.25) is 14.7 Å². The molecule has 0 fully saturated rings. The van der Waals surface area contributed by atoms with Crippen LogP contribution in [0.1, 0.15) is 17.0 Å². The average molecular weight is 505 g/mol. The molecule has 3 aromatic carbocycles. The summed E-state index contributed by atoms with van der Waals surface area (Å²) in [6, 6.07) is 20.9. The minimum absolute atomic E-state index is 0.0169. The Morgan fingerprint density at radius 3 is 2.50 bits per heavy atom. The van der Waals surface area contributed by atoms with E-state index >= 15 is 0 Å². The fourth-order valence-corrected chi connectivity index (χ4v) is 4.53. The number of rotatable bonds is 9. The molecule has 0 aliphatic carbocycles. The number of amides is 2. The summed E-state index contributed by atoms with van der Waals surface area (Å²) in [6.07, 6.45) is 0. The highest BCUT2D eigenvalue weighted by Crippen LogP contribution is 2.27. The van der Waals surface area contributed by atoms with E-state index in [1.165, 1.54) is 36.6 Å². The SMILES string of the molecule is COc1ccccc1NC(=O)NCc1nnc(SCc2ccccc2C)n1-c1ccc([N+](=O)[O-])cc1. The molecule has 0 unspecified atom stereocenters. The number of thioether (sulfide) groups is 1. The predicted octanol–water partition coefficient (Wildman–Crippen LogP) is 5.11. The number of anilines is 1. The van der Waals surface area contributed by atoms with Crippen LogP contribution in [-0.4, -0.2) is 32.8 Å². The molecule has 0 bridgehead atoms. The van der Waals surface area contributed by atoms with Crippen LogP contribution in [0, 0.1) is 17.0 Å². The van der Waals surface area contributed by atoms with Crippen molar-refractivity contribution in [1.29, 1.82) is 0 Å². The van der Waals surface area contributed by atoms with E-state index in [0.717, 1.165) is 5.56 Å². The third-order valence-corrected chi connectivity index (χ3v) is 6.38. The van der Waals surface area contributed by atoms with Crippen molar-refractivity contribution in [2.24, 2.45) is 0 Å². The Labute approximate surface area is 211 Å². The minimum atomic E-state index is -0.450. The van der Waals surface area contributed by atoms with E-state index in [1.807, 2.05) is 31.2 Å². The number of urea groups is 1. The van der Waals surface area contributed by atoms with Crippen molar-refractivity contribution in [2.75, 3.05) is 12.4 Å². The topological polar surface area (TPSA) is 124 Å². The number of para-hydroxylation sites is 2. The van der Waals surface area contributed by atoms with Crippen molar-refractivity contribution in [3.8, 4) is 11.4 Å². The first-order valence-electron chi connectivity index (χ1n) is 11.0. The van der Waals surface area contributed by atoms with Crippen LogP contribution in [0.25, 0.3) is 5.69 Å². The molecule has 0 radical (unpaired) electrons. The molecule has 2 N–H and O–H groups in total. The Bertz CT molecular complexity index is 1370. The van der Waals surface area contributed by atoms with Crippen LogP contribution in [0.4, 0.5) is 16.2 Å². The van der Waals surface area contributed by atoms with Gasteiger partial charge in [0.2, 0.25) is 0 Å². The van der Waals surface area contributed by atoms with Crippen molar-refractivity contribution in [2.45, 2.75) is 24.4 Å². The Balaban J connectivity index is 1.55. The number of aryl methyl sites for hydroxylation is 1. The minimum Gasteiger partial charge on any atom is -0.495 e. The molecule has 11 heteroatoms. The van der Waals surface area contributed by atoms with Crippen molar-refractivity contribution in [3.63, 3.8) is 0 Å². The van der Waals surface area contributed by atoms with Gasteiger partial charge in [-0.15, -0.1) is 10.2 Å². The average Bonchev–Trinajstić information content (AvgIpc) is 3.30. The molecule has 0 spiro atoms. The number of hydrogen-bond donors (Lipinski definition) is 2. The molecule has 0 atom stereocenters. The van der Waals surface area contributed by atoms with Gasteiger partial charge in [-0.2, -0.15) is 0 Å². The number of aromatic nitrogens is 3. The molecule has 184 valence electrons. The lowest BCUT2D eigenvalue weighted by molar-refractivity contribution is -0.384. The van der Waals surface area contributed by atoms with Gasteiger partial charge in [0, 0.05) is 23.6 Å². The highest BCUT2D eigenvalue weighted by molar-refractivity contribution is 7.98. The molecule has 4 rings (SSSR count). The molecule has 4 aromatic rings. The number of nitrogens with one attached hydrogen (secondary N) is 2. The molecule has 36 heavy (non-hydrogen) atoms. The van der Waals surface area contributed by atoms with Gasteiger partial charge in [-0.25, -0.2) is 4.79 Å². The standard InChI is InChI=1S/C25H24N6O4S/c1-17-7-3-4-8-18(17)16-36-25-29-28-23(30(25)19-11-13-20(14-12-19)31(33)34)15-26-24(32)27-21-9-5-6-10-22(21)35-2/h3-14H,15-16H2,1-2H3,(H2,26,27,32). The molecule has 0 aliphatic heterocycles. The normalized spacial score (nSPS) is 10.6. The van der Waals surface area contributed by atoms with Crippen molar-refractivity contribution in [3.05, 3.63) is 99.9 Å². The number of carbonyl (C=O) groups excluding carboxylic acids is 1. The Hall–Kier alpha value is -4.38. The lowest BCUT2D eigenvalue weighted by atomic mass is 10.1. The number of hydrogen-bond acceptors (Lipinski definition) is 7. The third-order valence-electron chi connectivity index (χ3n) is 5.40. The number of non-ortho nitro benzene ring substituents is 1. The summed E-state index contributed by atoms with van der Waals surface area (Å²) in [6.45, 7) is 2.13. The number of ether oxygens (including phenoxy) is 1. The zero-order valence-electron chi connectivity index (χ0n) is 19.7. The van der Waals surface area contributed by atoms with E-state index in [-0.39, 0.29) is 12.2 Å². The van der Waals surface area contributed by atoms with E-state index in [0.29, 0.717) is 33.9 Å². The van der Waals surface area contributed by atoms with Gasteiger partial charge in [0.05, 0.1) is 24.3 Å². The molecule has 1 aromatic heterocycles. The molecular formula is C25H24N6O4S. The van der Waals surface area contributed by atoms with E-state index in [4.69, 9.17) is 4.74 Å². The monoisotopic (exact) mass is 504 g/mol. The molecule has 2 amide bonds. The van der Waals surface area contributed by atoms with E-state index in [9.17, 15) is 14.9 Å². The number of nitro benzene ring substituents is 1. The summed E-state index contributed by atoms with van der Waals surface area (Å²) < 4.78 is 7.06. The number of nitro groups is 1. The Morgan fingerprint density at radius 1 is 1.06 bits per heavy atom. The van der Waals surface area contributed by atoms with Gasteiger partial charge in [-0.05, 0) is 42.3 Å². The van der Waals surface area contributed by atoms with Crippen molar-refractivity contribution in [1.82, 2.24) is 20.1 Å². The summed E-state index contributed by atoms with van der Waals surface area (Å²) in [4.78, 5) is 23.2. The Kier molecular flexibility index (Phi) is 7.81. The van der Waals surface area contributed by atoms with E-state index in [2.05, 4.69) is 26.9 Å². The molecule has 0 aliphatic rings. The van der Waals surface area contributed by atoms with Gasteiger partial charge in [-0.1, -0.05) is 48.2 Å². The molecule has 0 saturated carbocycles. The number of nitrogens with zero attached hydrogens (tertiary/aromatic N) is 4. The smallest absolute Gasteiger partial charge is 0.319 e. The van der Waals surface area contributed by atoms with Crippen molar-refractivity contribution < 1.29 is 14.5 Å². The predicted molar refractivity (Wildman–Crippen MR) is 138 cm³/mol. The molecular weight excluding hydrogens is 480 g/mol. The fourth-order valence-electron chi connectivity index (χ4n) is 3.48. The van der Waals surface area contributed by atoms with E-state index in [1.54, 1.807) is 34.9 Å². The summed E-state index contributed by atoms with van der Waals surface area (Å²) in [5, 5.41) is 25.9. The Morgan fingerprint density at radius 2 is 1.78 bits per heavy atom. The molecule has 10 nitrogen and oxygen atoms in total. The van der Waals surface area contributed by atoms with Gasteiger partial charge in [0.15, 0.2) is 11.0 Å². The highest BCUT2D eigenvalue weighted by Gasteiger charge is 2.17. The first-order chi connectivity index (χ1) is 17.5. The highest BCUT2D eigenvalue weighted by atomic mass is 32.2. The summed E-state index contributed by atoms with van der Waals surface area (Å²) >= 11 is 1.49. The van der Waals surface area contributed by atoms with Crippen LogP contribution >= 0.6 is 11.8 Å². The quantitative estimate of drug-likeness (QED) is 0.184. The first kappa shape index (κ1) is 24.7. The van der Waals surface area contributed by atoms with Crippen LogP contribution in [0.2, 0.25) is 0 Å². The summed E-state index contributed by atoms with van der Waals surface area (Å²) in [5.74, 6) is 1.68. The van der Waals surface area contributed by atoms with Crippen LogP contribution in [0.3, 0.4) is 0 Å². The zero-order valence-corrected chi connectivity index (χ0v) is 20.5. The van der Waals surface area contributed by atoms with Gasteiger partial charge < -0.3 is 15.4 Å². The largest absolute Gasteiger partial charge is 0.495 e. The number of carbonyl (C=O) groups is 1. The second-order valence-corrected chi connectivity index (χ2v) is 8.67. The zero-order chi connectivity index (χ0) is 25.5. The van der Waals surface area contributed by atoms with E-state index < -0.39 is 11.0 Å². The second kappa shape index (κ2) is 11.4. The van der Waals surface area contributed by atoms with Crippen LogP contribution < -0.4 is 15.4 Å². The maximum absolute atomic E-state index is 12.6. The van der Waals surface area contributed by atoms with Crippen LogP contribution in [0.15, 0.2) is 78.0 Å². The maximum Gasteiger partial charge on any atom is 0.319 e. The molecule has 1 heterocycles. The van der Waals surface area contributed by atoms with Crippen LogP contribution in [0.5, 0.6) is 5.75 Å². The number of benzene rings is 3. The lowest BCUT2D eigenvalue weighted by Crippen LogP contribution is -2.29. The lowest BCUT2D eigenvalue weighted by Gasteiger charge is -2.13. The van der Waals surface area contributed by atoms with Gasteiger partial charge in [0.25, 0.3) is 5.69 Å². The third kappa shape index (κ3) is 5.81. The first-order valence-corrected chi connectivity index (χ1v) is 12.0. The van der Waals surface area contributed by atoms with Crippen LogP contribution in [-0.2, 0) is 12.3 Å². The summed E-state index contributed by atoms with van der Waals surface area (Å²) in [5.41, 5.74) is 3.50. The number of methoxy groups -OCH3 is 1. The molecule has 0 saturated heterocycles. The maximum atomic E-state index is 12.6. The van der Waals surface area contributed by atoms with Gasteiger partial charge >= 0.3 is 6.03 Å². The van der Waals surface area contributed by atoms with Crippen molar-refractivity contribution >= 4 is 29.2 Å².